The molecule has 0 saturated heterocycles. The summed E-state index contributed by atoms with van der Waals surface area (Å²) < 4.78 is 52.6. The van der Waals surface area contributed by atoms with E-state index in [4.69, 9.17) is 0 Å². The first-order valence-electron chi connectivity index (χ1n) is 6.82. The van der Waals surface area contributed by atoms with E-state index >= 15 is 0 Å². The molecule has 0 saturated carbocycles. The molecule has 0 bridgehead atoms. The summed E-state index contributed by atoms with van der Waals surface area (Å²) in [5, 5.41) is 3.71. The number of fused-ring (bicyclic) bond motifs is 1. The molecule has 1 aliphatic heterocycles. The Hall–Kier alpha value is -1.96. The fourth-order valence-electron chi connectivity index (χ4n) is 2.74. The Labute approximate surface area is 127 Å². The molecule has 118 valence electrons. The molecular weight excluding hydrogens is 312 g/mol. The fourth-order valence-corrected chi connectivity index (χ4v) is 4.38. The number of aromatic nitrogens is 2. The van der Waals surface area contributed by atoms with Crippen molar-refractivity contribution in [3.8, 4) is 0 Å². The molecule has 2 aromatic rings. The number of nitrogens with zero attached hydrogens (tertiary/aromatic N) is 3. The summed E-state index contributed by atoms with van der Waals surface area (Å²) in [5.74, 6) is 0. The average molecular weight is 327 g/mol. The summed E-state index contributed by atoms with van der Waals surface area (Å²) in [5.41, 5.74) is 1.59. The van der Waals surface area contributed by atoms with Gasteiger partial charge in [-0.2, -0.15) is 5.10 Å². The van der Waals surface area contributed by atoms with Gasteiger partial charge in [0.2, 0.25) is 0 Å². The molecule has 0 spiro atoms. The third kappa shape index (κ3) is 2.47. The maximum atomic E-state index is 12.8. The maximum Gasteiger partial charge on any atom is 0.267 e. The quantitative estimate of drug-likeness (QED) is 0.866. The first-order valence-corrected chi connectivity index (χ1v) is 8.26. The van der Waals surface area contributed by atoms with E-state index in [0.29, 0.717) is 12.1 Å². The molecule has 0 radical (unpaired) electrons. The van der Waals surface area contributed by atoms with Crippen molar-refractivity contribution in [2.45, 2.75) is 37.3 Å². The summed E-state index contributed by atoms with van der Waals surface area (Å²) in [6.07, 6.45) is 0.308. The number of para-hydroxylation sites is 1. The first-order chi connectivity index (χ1) is 10.4. The van der Waals surface area contributed by atoms with Crippen LogP contribution in [0.15, 0.2) is 41.6 Å². The lowest BCUT2D eigenvalue weighted by Gasteiger charge is -2.23. The monoisotopic (exact) mass is 327 g/mol. The first kappa shape index (κ1) is 15.0. The van der Waals surface area contributed by atoms with Crippen LogP contribution in [0.2, 0.25) is 0 Å². The molecule has 1 aliphatic rings. The molecule has 0 fully saturated rings. The normalized spacial score (nSPS) is 18.0. The lowest BCUT2D eigenvalue weighted by molar-refractivity contribution is 0.121. The van der Waals surface area contributed by atoms with Gasteiger partial charge in [-0.25, -0.2) is 17.2 Å². The van der Waals surface area contributed by atoms with Gasteiger partial charge in [-0.05, 0) is 25.0 Å². The van der Waals surface area contributed by atoms with Crippen LogP contribution in [0, 0.1) is 0 Å². The van der Waals surface area contributed by atoms with Gasteiger partial charge < -0.3 is 0 Å². The number of hydrogen-bond acceptors (Lipinski definition) is 3. The molecule has 1 aromatic heterocycles. The Bertz CT molecular complexity index is 789. The number of benzene rings is 1. The molecule has 3 rings (SSSR count). The zero-order chi connectivity index (χ0) is 15.9. The van der Waals surface area contributed by atoms with Crippen LogP contribution in [0.3, 0.4) is 0 Å². The van der Waals surface area contributed by atoms with Crippen molar-refractivity contribution in [2.75, 3.05) is 4.31 Å². The lowest BCUT2D eigenvalue weighted by Crippen LogP contribution is -2.35. The Morgan fingerprint density at radius 3 is 2.82 bits per heavy atom. The van der Waals surface area contributed by atoms with E-state index in [2.05, 4.69) is 5.10 Å². The third-order valence-electron chi connectivity index (χ3n) is 3.64. The molecule has 1 atom stereocenters. The highest BCUT2D eigenvalue weighted by Crippen LogP contribution is 2.36. The number of sulfonamides is 1. The average Bonchev–Trinajstić information content (AvgIpc) is 3.01. The van der Waals surface area contributed by atoms with Gasteiger partial charge in [0.1, 0.15) is 11.4 Å². The second-order valence-corrected chi connectivity index (χ2v) is 7.09. The summed E-state index contributed by atoms with van der Waals surface area (Å²) >= 11 is 0. The smallest absolute Gasteiger partial charge is 0.266 e. The maximum absolute atomic E-state index is 12.8. The summed E-state index contributed by atoms with van der Waals surface area (Å²) in [6.45, 7) is 1.20. The highest BCUT2D eigenvalue weighted by Gasteiger charge is 2.36. The van der Waals surface area contributed by atoms with Crippen LogP contribution >= 0.6 is 0 Å². The highest BCUT2D eigenvalue weighted by atomic mass is 32.2. The van der Waals surface area contributed by atoms with Crippen molar-refractivity contribution in [2.24, 2.45) is 0 Å². The van der Waals surface area contributed by atoms with Crippen LogP contribution in [0.1, 0.15) is 12.5 Å². The van der Waals surface area contributed by atoms with Crippen LogP contribution in [-0.4, -0.2) is 30.7 Å². The highest BCUT2D eigenvalue weighted by molar-refractivity contribution is 7.92. The Kier molecular flexibility index (Phi) is 3.64. The van der Waals surface area contributed by atoms with E-state index in [9.17, 15) is 17.2 Å². The predicted molar refractivity (Wildman–Crippen MR) is 77.5 cm³/mol. The summed E-state index contributed by atoms with van der Waals surface area (Å²) in [4.78, 5) is -0.0725. The number of rotatable bonds is 4. The Morgan fingerprint density at radius 2 is 2.09 bits per heavy atom. The molecule has 1 aromatic carbocycles. The van der Waals surface area contributed by atoms with Crippen LogP contribution in [0.5, 0.6) is 0 Å². The fraction of sp³-hybridized carbons (Fsp3) is 0.357. The predicted octanol–water partition coefficient (Wildman–Crippen LogP) is 2.29. The lowest BCUT2D eigenvalue weighted by atomic mass is 10.1. The zero-order valence-corrected chi connectivity index (χ0v) is 12.7. The van der Waals surface area contributed by atoms with Crippen LogP contribution < -0.4 is 4.31 Å². The van der Waals surface area contributed by atoms with E-state index < -0.39 is 23.0 Å². The number of anilines is 1. The Balaban J connectivity index is 1.98. The van der Waals surface area contributed by atoms with Gasteiger partial charge in [0.25, 0.3) is 16.4 Å². The topological polar surface area (TPSA) is 55.2 Å². The van der Waals surface area contributed by atoms with Gasteiger partial charge in [0.15, 0.2) is 0 Å². The van der Waals surface area contributed by atoms with E-state index in [1.165, 1.54) is 4.31 Å². The van der Waals surface area contributed by atoms with E-state index in [1.54, 1.807) is 12.1 Å². The van der Waals surface area contributed by atoms with Gasteiger partial charge in [-0.3, -0.25) is 8.99 Å². The minimum Gasteiger partial charge on any atom is -0.266 e. The molecule has 5 nitrogen and oxygen atoms in total. The van der Waals surface area contributed by atoms with E-state index in [1.807, 2.05) is 19.1 Å². The summed E-state index contributed by atoms with van der Waals surface area (Å²) in [7, 11) is -3.81. The van der Waals surface area contributed by atoms with Crippen LogP contribution in [-0.2, 0) is 23.0 Å². The van der Waals surface area contributed by atoms with Crippen molar-refractivity contribution in [1.29, 1.82) is 0 Å². The van der Waals surface area contributed by atoms with Crippen LogP contribution in [0.4, 0.5) is 14.5 Å². The second-order valence-electron chi connectivity index (χ2n) is 5.27. The zero-order valence-electron chi connectivity index (χ0n) is 11.9. The van der Waals surface area contributed by atoms with Gasteiger partial charge in [-0.1, -0.05) is 18.2 Å². The van der Waals surface area contributed by atoms with Gasteiger partial charge >= 0.3 is 0 Å². The van der Waals surface area contributed by atoms with Gasteiger partial charge in [0.05, 0.1) is 11.9 Å². The van der Waals surface area contributed by atoms with Gasteiger partial charge in [0, 0.05) is 12.2 Å². The molecule has 1 unspecified atom stereocenters. The van der Waals surface area contributed by atoms with Crippen molar-refractivity contribution in [3.05, 3.63) is 42.2 Å². The van der Waals surface area contributed by atoms with E-state index in [0.717, 1.165) is 22.6 Å². The molecule has 22 heavy (non-hydrogen) atoms. The molecule has 0 N–H and O–H groups in total. The standard InChI is InChI=1S/C14H15F2N3O2S/c1-10-6-11-4-2-3-5-13(11)19(10)22(20,21)12-7-17-18(8-12)9-14(15)16/h2-5,7-8,10,14H,6,9H2,1H3. The van der Waals surface area contributed by atoms with Crippen molar-refractivity contribution >= 4 is 15.7 Å². The largest absolute Gasteiger partial charge is 0.267 e. The number of hydrogen-bond donors (Lipinski definition) is 0. The van der Waals surface area contributed by atoms with Crippen LogP contribution in [0.25, 0.3) is 0 Å². The SMILES string of the molecule is CC1Cc2ccccc2N1S(=O)(=O)c1cnn(CC(F)F)c1. The van der Waals surface area contributed by atoms with Crippen molar-refractivity contribution < 1.29 is 17.2 Å². The third-order valence-corrected chi connectivity index (χ3v) is 5.52. The van der Waals surface area contributed by atoms with Gasteiger partial charge in [-0.15, -0.1) is 0 Å². The molecule has 0 amide bonds. The second kappa shape index (κ2) is 5.35. The summed E-state index contributed by atoms with van der Waals surface area (Å²) in [6, 6.07) is 7.06. The molecule has 0 aliphatic carbocycles. The number of alkyl halides is 2. The molecule has 8 heteroatoms. The molecular formula is C14H15F2N3O2S. The van der Waals surface area contributed by atoms with E-state index in [-0.39, 0.29) is 10.9 Å². The minimum atomic E-state index is -3.81. The molecule has 2 heterocycles. The minimum absolute atomic E-state index is 0.0725. The Morgan fingerprint density at radius 1 is 1.36 bits per heavy atom. The van der Waals surface area contributed by atoms with Crippen molar-refractivity contribution in [1.82, 2.24) is 9.78 Å². The van der Waals surface area contributed by atoms with Crippen molar-refractivity contribution in [3.63, 3.8) is 0 Å². The number of halogens is 2.